The Bertz CT molecular complexity index is 728. The zero-order chi connectivity index (χ0) is 21.3. The first-order valence-electron chi connectivity index (χ1n) is 11.2. The molecule has 2 aliphatic heterocycles. The maximum Gasteiger partial charge on any atom is 0.242 e. The van der Waals surface area contributed by atoms with Gasteiger partial charge in [-0.3, -0.25) is 14.4 Å². The lowest BCUT2D eigenvalue weighted by molar-refractivity contribution is -0.130. The van der Waals surface area contributed by atoms with Gasteiger partial charge >= 0.3 is 0 Å². The van der Waals surface area contributed by atoms with Crippen LogP contribution in [0.3, 0.4) is 0 Å². The van der Waals surface area contributed by atoms with Gasteiger partial charge in [-0.15, -0.1) is 0 Å². The molecule has 7 nitrogen and oxygen atoms in total. The van der Waals surface area contributed by atoms with Crippen molar-refractivity contribution >= 4 is 23.4 Å². The molecule has 1 aromatic carbocycles. The minimum absolute atomic E-state index is 0.0793. The van der Waals surface area contributed by atoms with Crippen molar-refractivity contribution < 1.29 is 14.4 Å². The summed E-state index contributed by atoms with van der Waals surface area (Å²) >= 11 is 0. The van der Waals surface area contributed by atoms with Crippen molar-refractivity contribution in [1.82, 2.24) is 15.1 Å². The normalized spacial score (nSPS) is 16.6. The van der Waals surface area contributed by atoms with Crippen molar-refractivity contribution in [2.75, 3.05) is 50.7 Å². The number of hydrogen-bond donors (Lipinski definition) is 1. The summed E-state index contributed by atoms with van der Waals surface area (Å²) < 4.78 is 0. The third-order valence-electron chi connectivity index (χ3n) is 5.87. The molecule has 0 spiro atoms. The molecule has 0 radical (unpaired) electrons. The first kappa shape index (κ1) is 22.1. The summed E-state index contributed by atoms with van der Waals surface area (Å²) in [5, 5.41) is 2.94. The van der Waals surface area contributed by atoms with Crippen LogP contribution in [0.5, 0.6) is 0 Å². The molecular formula is C23H34N4O3. The number of amides is 3. The van der Waals surface area contributed by atoms with Crippen molar-refractivity contribution in [2.24, 2.45) is 0 Å². The lowest BCUT2D eigenvalue weighted by Gasteiger charge is -2.30. The summed E-state index contributed by atoms with van der Waals surface area (Å²) in [5.41, 5.74) is 2.02. The molecule has 164 valence electrons. The number of piperidine rings is 1. The summed E-state index contributed by atoms with van der Waals surface area (Å²) in [7, 11) is 0. The fourth-order valence-electron chi connectivity index (χ4n) is 4.07. The van der Waals surface area contributed by atoms with E-state index in [2.05, 4.69) is 5.32 Å². The van der Waals surface area contributed by atoms with Crippen LogP contribution in [0.2, 0.25) is 0 Å². The Kier molecular flexibility index (Phi) is 8.11. The summed E-state index contributed by atoms with van der Waals surface area (Å²) in [6.45, 7) is 6.03. The van der Waals surface area contributed by atoms with E-state index < -0.39 is 0 Å². The minimum atomic E-state index is -0.102. The van der Waals surface area contributed by atoms with Gasteiger partial charge in [0.15, 0.2) is 0 Å². The number of nitrogens with one attached hydrogen (secondary N) is 1. The maximum absolute atomic E-state index is 12.8. The van der Waals surface area contributed by atoms with Crippen LogP contribution in [0.15, 0.2) is 24.3 Å². The number of carbonyl (C=O) groups excluding carboxylic acids is 3. The van der Waals surface area contributed by atoms with Crippen LogP contribution in [0.4, 0.5) is 5.69 Å². The molecule has 3 amide bonds. The summed E-state index contributed by atoms with van der Waals surface area (Å²) in [4.78, 5) is 42.6. The second-order valence-electron chi connectivity index (χ2n) is 8.32. The Balaban J connectivity index is 1.51. The average Bonchev–Trinajstić information content (AvgIpc) is 3.16. The van der Waals surface area contributed by atoms with Crippen LogP contribution >= 0.6 is 0 Å². The highest BCUT2D eigenvalue weighted by atomic mass is 16.2. The second-order valence-corrected chi connectivity index (χ2v) is 8.32. The zero-order valence-electron chi connectivity index (χ0n) is 18.1. The third-order valence-corrected chi connectivity index (χ3v) is 5.87. The monoisotopic (exact) mass is 414 g/mol. The van der Waals surface area contributed by atoms with Gasteiger partial charge in [0.1, 0.15) is 0 Å². The van der Waals surface area contributed by atoms with Crippen LogP contribution in [0.25, 0.3) is 0 Å². The maximum atomic E-state index is 12.8. The Morgan fingerprint density at radius 2 is 1.73 bits per heavy atom. The molecule has 0 aromatic heterocycles. The number of carbonyl (C=O) groups is 3. The molecule has 2 saturated heterocycles. The molecule has 3 rings (SSSR count). The molecule has 2 heterocycles. The van der Waals surface area contributed by atoms with Crippen LogP contribution < -0.4 is 10.2 Å². The smallest absolute Gasteiger partial charge is 0.242 e. The highest BCUT2D eigenvalue weighted by Gasteiger charge is 2.22. The van der Waals surface area contributed by atoms with E-state index >= 15 is 0 Å². The molecule has 0 atom stereocenters. The SMILES string of the molecule is Cc1ccc(N(CC(=O)NCCCN2CCCC2=O)CC(=O)N2CCCCC2)cc1. The Morgan fingerprint density at radius 1 is 1.00 bits per heavy atom. The fourth-order valence-corrected chi connectivity index (χ4v) is 4.07. The molecule has 0 bridgehead atoms. The van der Waals surface area contributed by atoms with E-state index in [9.17, 15) is 14.4 Å². The van der Waals surface area contributed by atoms with E-state index in [1.165, 1.54) is 6.42 Å². The molecule has 2 fully saturated rings. The van der Waals surface area contributed by atoms with Crippen LogP contribution in [0, 0.1) is 6.92 Å². The van der Waals surface area contributed by atoms with Gasteiger partial charge in [0.05, 0.1) is 13.1 Å². The molecule has 2 aliphatic rings. The molecular weight excluding hydrogens is 380 g/mol. The summed E-state index contributed by atoms with van der Waals surface area (Å²) in [6.07, 6.45) is 5.60. The van der Waals surface area contributed by atoms with Gasteiger partial charge in [-0.1, -0.05) is 17.7 Å². The van der Waals surface area contributed by atoms with Crippen LogP contribution in [-0.2, 0) is 14.4 Å². The fraction of sp³-hybridized carbons (Fsp3) is 0.609. The number of rotatable bonds is 9. The molecule has 1 N–H and O–H groups in total. The van der Waals surface area contributed by atoms with E-state index in [1.54, 1.807) is 0 Å². The van der Waals surface area contributed by atoms with Gasteiger partial charge in [-0.2, -0.15) is 0 Å². The van der Waals surface area contributed by atoms with Crippen molar-refractivity contribution in [2.45, 2.75) is 45.4 Å². The van der Waals surface area contributed by atoms with Crippen molar-refractivity contribution in [3.8, 4) is 0 Å². The van der Waals surface area contributed by atoms with Gasteiger partial charge in [0.25, 0.3) is 0 Å². The number of aryl methyl sites for hydroxylation is 1. The lowest BCUT2D eigenvalue weighted by atomic mass is 10.1. The Labute approximate surface area is 179 Å². The zero-order valence-corrected chi connectivity index (χ0v) is 18.1. The number of nitrogens with zero attached hydrogens (tertiary/aromatic N) is 3. The van der Waals surface area contributed by atoms with Crippen molar-refractivity contribution in [3.05, 3.63) is 29.8 Å². The largest absolute Gasteiger partial charge is 0.354 e. The van der Waals surface area contributed by atoms with Gasteiger partial charge in [-0.05, 0) is 51.2 Å². The van der Waals surface area contributed by atoms with Gasteiger partial charge < -0.3 is 20.0 Å². The Hall–Kier alpha value is -2.57. The molecule has 1 aromatic rings. The van der Waals surface area contributed by atoms with E-state index in [-0.39, 0.29) is 30.8 Å². The standard InChI is InChI=1S/C23H34N4O3/c1-19-8-10-20(11-9-19)27(18-23(30)26-13-3-2-4-14-26)17-21(28)24-12-6-16-25-15-5-7-22(25)29/h8-11H,2-7,12-18H2,1H3,(H,24,28). The summed E-state index contributed by atoms with van der Waals surface area (Å²) in [6, 6.07) is 7.92. The topological polar surface area (TPSA) is 73.0 Å². The highest BCUT2D eigenvalue weighted by Crippen LogP contribution is 2.16. The minimum Gasteiger partial charge on any atom is -0.354 e. The highest BCUT2D eigenvalue weighted by molar-refractivity contribution is 5.86. The quantitative estimate of drug-likeness (QED) is 0.627. The van der Waals surface area contributed by atoms with E-state index in [0.717, 1.165) is 56.6 Å². The number of likely N-dealkylation sites (tertiary alicyclic amines) is 2. The van der Waals surface area contributed by atoms with Crippen LogP contribution in [-0.4, -0.2) is 73.3 Å². The number of benzene rings is 1. The van der Waals surface area contributed by atoms with Gasteiger partial charge in [0.2, 0.25) is 17.7 Å². The Morgan fingerprint density at radius 3 is 2.40 bits per heavy atom. The predicted molar refractivity (Wildman–Crippen MR) is 117 cm³/mol. The van der Waals surface area contributed by atoms with Crippen molar-refractivity contribution in [1.29, 1.82) is 0 Å². The molecule has 0 unspecified atom stereocenters. The van der Waals surface area contributed by atoms with Crippen molar-refractivity contribution in [3.63, 3.8) is 0 Å². The molecule has 0 saturated carbocycles. The van der Waals surface area contributed by atoms with E-state index in [0.29, 0.717) is 19.5 Å². The lowest BCUT2D eigenvalue weighted by Crippen LogP contribution is -2.46. The van der Waals surface area contributed by atoms with E-state index in [1.807, 2.05) is 45.9 Å². The number of hydrogen-bond acceptors (Lipinski definition) is 4. The first-order chi connectivity index (χ1) is 14.5. The van der Waals surface area contributed by atoms with Gasteiger partial charge in [-0.25, -0.2) is 0 Å². The third kappa shape index (κ3) is 6.47. The first-order valence-corrected chi connectivity index (χ1v) is 11.2. The average molecular weight is 415 g/mol. The molecule has 0 aliphatic carbocycles. The van der Waals surface area contributed by atoms with E-state index in [4.69, 9.17) is 0 Å². The molecule has 30 heavy (non-hydrogen) atoms. The predicted octanol–water partition coefficient (Wildman–Crippen LogP) is 1.94. The number of anilines is 1. The van der Waals surface area contributed by atoms with Gasteiger partial charge in [0, 0.05) is 44.8 Å². The van der Waals surface area contributed by atoms with Crippen LogP contribution in [0.1, 0.15) is 44.1 Å². The molecule has 7 heteroatoms. The second kappa shape index (κ2) is 11.0. The summed E-state index contributed by atoms with van der Waals surface area (Å²) in [5.74, 6) is 0.188.